The number of sulfonamides is 1. The van der Waals surface area contributed by atoms with Crippen molar-refractivity contribution in [3.8, 4) is 0 Å². The molecular weight excluding hydrogens is 349 g/mol. The number of rotatable bonds is 5. The Morgan fingerprint density at radius 3 is 2.19 bits per heavy atom. The Morgan fingerprint density at radius 2 is 1.50 bits per heavy atom. The van der Waals surface area contributed by atoms with E-state index < -0.39 is 15.8 Å². The van der Waals surface area contributed by atoms with Gasteiger partial charge in [-0.05, 0) is 54.8 Å². The predicted molar refractivity (Wildman–Crippen MR) is 102 cm³/mol. The highest BCUT2D eigenvalue weighted by molar-refractivity contribution is 7.92. The average molecular weight is 369 g/mol. The molecule has 3 aromatic carbocycles. The van der Waals surface area contributed by atoms with Crippen LogP contribution < -0.4 is 4.31 Å². The zero-order valence-corrected chi connectivity index (χ0v) is 15.5. The summed E-state index contributed by atoms with van der Waals surface area (Å²) in [5.41, 5.74) is 2.95. The summed E-state index contributed by atoms with van der Waals surface area (Å²) < 4.78 is 41.8. The van der Waals surface area contributed by atoms with Crippen LogP contribution >= 0.6 is 0 Å². The van der Waals surface area contributed by atoms with Crippen LogP contribution in [0.3, 0.4) is 0 Å². The highest BCUT2D eigenvalue weighted by Gasteiger charge is 2.27. The molecule has 3 nitrogen and oxygen atoms in total. The summed E-state index contributed by atoms with van der Waals surface area (Å²) in [7, 11) is -3.93. The van der Waals surface area contributed by atoms with Gasteiger partial charge < -0.3 is 0 Å². The average Bonchev–Trinajstić information content (AvgIpc) is 2.63. The number of nitrogens with zero attached hydrogens (tertiary/aromatic N) is 1. The number of hydrogen-bond donors (Lipinski definition) is 0. The summed E-state index contributed by atoms with van der Waals surface area (Å²) in [6.07, 6.45) is 0. The molecular formula is C21H20FNO2S. The Hall–Kier alpha value is -2.66. The quantitative estimate of drug-likeness (QED) is 0.645. The van der Waals surface area contributed by atoms with Gasteiger partial charge in [0.25, 0.3) is 10.0 Å². The van der Waals surface area contributed by atoms with Gasteiger partial charge in [-0.15, -0.1) is 0 Å². The van der Waals surface area contributed by atoms with Crippen molar-refractivity contribution in [3.05, 3.63) is 95.3 Å². The molecule has 0 radical (unpaired) electrons. The third-order valence-corrected chi connectivity index (χ3v) is 6.25. The second-order valence-electron chi connectivity index (χ2n) is 6.18. The van der Waals surface area contributed by atoms with Crippen molar-refractivity contribution in [2.24, 2.45) is 0 Å². The molecule has 0 spiro atoms. The fourth-order valence-corrected chi connectivity index (χ4v) is 4.50. The number of halogens is 1. The number of anilines is 1. The van der Waals surface area contributed by atoms with E-state index in [1.165, 1.54) is 16.4 Å². The molecule has 0 saturated carbocycles. The third kappa shape index (κ3) is 3.63. The maximum absolute atomic E-state index is 13.8. The molecule has 3 rings (SSSR count). The van der Waals surface area contributed by atoms with Crippen molar-refractivity contribution >= 4 is 15.7 Å². The molecule has 0 unspecified atom stereocenters. The molecule has 0 aliphatic rings. The monoisotopic (exact) mass is 369 g/mol. The number of hydrogen-bond acceptors (Lipinski definition) is 2. The molecule has 134 valence electrons. The van der Waals surface area contributed by atoms with Gasteiger partial charge >= 0.3 is 0 Å². The Bertz CT molecular complexity index is 1020. The fraction of sp³-hybridized carbons (Fsp3) is 0.143. The molecule has 0 aromatic heterocycles. The minimum atomic E-state index is -3.93. The molecule has 0 heterocycles. The first-order valence-electron chi connectivity index (χ1n) is 8.28. The van der Waals surface area contributed by atoms with Gasteiger partial charge in [-0.1, -0.05) is 48.5 Å². The lowest BCUT2D eigenvalue weighted by molar-refractivity contribution is 0.584. The topological polar surface area (TPSA) is 37.4 Å². The van der Waals surface area contributed by atoms with E-state index in [4.69, 9.17) is 0 Å². The Kier molecular flexibility index (Phi) is 5.09. The minimum absolute atomic E-state index is 0.0186. The molecule has 0 saturated heterocycles. The van der Waals surface area contributed by atoms with Gasteiger partial charge in [0, 0.05) is 0 Å². The molecule has 0 amide bonds. The van der Waals surface area contributed by atoms with Crippen molar-refractivity contribution < 1.29 is 12.8 Å². The molecule has 0 fully saturated rings. The van der Waals surface area contributed by atoms with E-state index in [1.807, 2.05) is 37.3 Å². The molecule has 0 aliphatic heterocycles. The van der Waals surface area contributed by atoms with E-state index in [0.29, 0.717) is 11.3 Å². The zero-order chi connectivity index (χ0) is 18.7. The predicted octanol–water partition coefficient (Wildman–Crippen LogP) is 4.84. The van der Waals surface area contributed by atoms with Crippen LogP contribution in [0.2, 0.25) is 0 Å². The third-order valence-electron chi connectivity index (χ3n) is 4.34. The highest BCUT2D eigenvalue weighted by atomic mass is 32.2. The smallest absolute Gasteiger partial charge is 0.262 e. The summed E-state index contributed by atoms with van der Waals surface area (Å²) in [6, 6.07) is 20.4. The first kappa shape index (κ1) is 18.1. The Labute approximate surface area is 153 Å². The lowest BCUT2D eigenvalue weighted by atomic mass is 10.1. The van der Waals surface area contributed by atoms with Gasteiger partial charge in [0.15, 0.2) is 0 Å². The van der Waals surface area contributed by atoms with Crippen LogP contribution in [-0.2, 0) is 16.6 Å². The summed E-state index contributed by atoms with van der Waals surface area (Å²) in [5.74, 6) is -0.571. The van der Waals surface area contributed by atoms with Gasteiger partial charge in [-0.3, -0.25) is 4.31 Å². The molecule has 0 bridgehead atoms. The maximum atomic E-state index is 13.8. The van der Waals surface area contributed by atoms with Gasteiger partial charge in [0.2, 0.25) is 0 Å². The minimum Gasteiger partial charge on any atom is -0.262 e. The molecule has 0 aliphatic carbocycles. The standard InChI is InChI=1S/C21H20FNO2S/c1-16-8-6-7-9-18(16)15-23(20-10-4-3-5-11-20)26(24,25)21-14-19(22)13-12-17(21)2/h3-14H,15H2,1-2H3. The van der Waals surface area contributed by atoms with E-state index in [9.17, 15) is 12.8 Å². The van der Waals surface area contributed by atoms with E-state index in [0.717, 1.165) is 17.2 Å². The second-order valence-corrected chi connectivity index (χ2v) is 8.01. The summed E-state index contributed by atoms with van der Waals surface area (Å²) >= 11 is 0. The van der Waals surface area contributed by atoms with E-state index >= 15 is 0 Å². The van der Waals surface area contributed by atoms with Crippen LogP contribution in [0, 0.1) is 19.7 Å². The SMILES string of the molecule is Cc1ccccc1CN(c1ccccc1)S(=O)(=O)c1cc(F)ccc1C. The van der Waals surface area contributed by atoms with Gasteiger partial charge in [0.05, 0.1) is 17.1 Å². The second kappa shape index (κ2) is 7.30. The van der Waals surface area contributed by atoms with Crippen molar-refractivity contribution in [3.63, 3.8) is 0 Å². The van der Waals surface area contributed by atoms with E-state index in [-0.39, 0.29) is 11.4 Å². The summed E-state index contributed by atoms with van der Waals surface area (Å²) in [4.78, 5) is -0.0186. The van der Waals surface area contributed by atoms with Crippen molar-refractivity contribution in [1.29, 1.82) is 0 Å². The molecule has 0 N–H and O–H groups in total. The molecule has 0 atom stereocenters. The lowest BCUT2D eigenvalue weighted by Gasteiger charge is -2.26. The highest BCUT2D eigenvalue weighted by Crippen LogP contribution is 2.28. The van der Waals surface area contributed by atoms with Gasteiger partial charge in [-0.2, -0.15) is 0 Å². The zero-order valence-electron chi connectivity index (χ0n) is 14.7. The molecule has 3 aromatic rings. The van der Waals surface area contributed by atoms with Crippen LogP contribution in [0.1, 0.15) is 16.7 Å². The van der Waals surface area contributed by atoms with Crippen molar-refractivity contribution in [1.82, 2.24) is 0 Å². The van der Waals surface area contributed by atoms with Crippen LogP contribution in [-0.4, -0.2) is 8.42 Å². The van der Waals surface area contributed by atoms with Crippen molar-refractivity contribution in [2.45, 2.75) is 25.3 Å². The van der Waals surface area contributed by atoms with Crippen LogP contribution in [0.5, 0.6) is 0 Å². The first-order valence-corrected chi connectivity index (χ1v) is 9.72. The Morgan fingerprint density at radius 1 is 0.846 bits per heavy atom. The number of benzene rings is 3. The fourth-order valence-electron chi connectivity index (χ4n) is 2.82. The summed E-state index contributed by atoms with van der Waals surface area (Å²) in [6.45, 7) is 3.79. The first-order chi connectivity index (χ1) is 12.4. The van der Waals surface area contributed by atoms with Crippen LogP contribution in [0.25, 0.3) is 0 Å². The maximum Gasteiger partial charge on any atom is 0.264 e. The molecule has 26 heavy (non-hydrogen) atoms. The number of aryl methyl sites for hydroxylation is 2. The number of para-hydroxylation sites is 1. The van der Waals surface area contributed by atoms with Crippen LogP contribution in [0.15, 0.2) is 77.7 Å². The largest absolute Gasteiger partial charge is 0.264 e. The molecule has 5 heteroatoms. The van der Waals surface area contributed by atoms with E-state index in [2.05, 4.69) is 0 Å². The van der Waals surface area contributed by atoms with E-state index in [1.54, 1.807) is 31.2 Å². The Balaban J connectivity index is 2.14. The van der Waals surface area contributed by atoms with Crippen molar-refractivity contribution in [2.75, 3.05) is 4.31 Å². The summed E-state index contributed by atoms with van der Waals surface area (Å²) in [5, 5.41) is 0. The van der Waals surface area contributed by atoms with Gasteiger partial charge in [0.1, 0.15) is 5.82 Å². The van der Waals surface area contributed by atoms with Gasteiger partial charge in [-0.25, -0.2) is 12.8 Å². The lowest BCUT2D eigenvalue weighted by Crippen LogP contribution is -2.31. The normalized spacial score (nSPS) is 11.3. The van der Waals surface area contributed by atoms with Crippen LogP contribution in [0.4, 0.5) is 10.1 Å².